The topological polar surface area (TPSA) is 824 Å². The van der Waals surface area contributed by atoms with Crippen LogP contribution in [-0.4, -0.2) is 531 Å². The largest absolute Gasteiger partial charge is 0.394 e. The quantitative estimate of drug-likeness (QED) is 0.0226. The molecule has 48 unspecified atom stereocenters. The van der Waals surface area contributed by atoms with E-state index in [1.165, 1.54) is 14.0 Å². The molecular weight excluding hydrogens is 1550 g/mol. The van der Waals surface area contributed by atoms with E-state index in [0.717, 1.165) is 6.08 Å². The number of rotatable bonds is 31. The molecule has 0 bridgehead atoms. The van der Waals surface area contributed by atoms with Crippen molar-refractivity contribution in [3.8, 4) is 0 Å². The Labute approximate surface area is 640 Å². The molecule has 0 aromatic heterocycles. The van der Waals surface area contributed by atoms with E-state index in [4.69, 9.17) is 75.8 Å². The van der Waals surface area contributed by atoms with Crippen LogP contribution in [0.4, 0.5) is 0 Å². The summed E-state index contributed by atoms with van der Waals surface area (Å²) < 4.78 is 88.2. The summed E-state index contributed by atoms with van der Waals surface area (Å²) in [6, 6.07) is -3.08. The Kier molecular flexibility index (Phi) is 36.3. The first-order chi connectivity index (χ1) is 53.5. The van der Waals surface area contributed by atoms with Crippen LogP contribution in [0.1, 0.15) is 6.92 Å². The minimum absolute atomic E-state index is 0.0406. The van der Waals surface area contributed by atoms with E-state index in [9.17, 15) is 168 Å². The molecule has 9 aliphatic rings. The second kappa shape index (κ2) is 42.8. The van der Waals surface area contributed by atoms with Gasteiger partial charge in [0.1, 0.15) is 208 Å². The van der Waals surface area contributed by atoms with E-state index in [1.807, 2.05) is 0 Å². The van der Waals surface area contributed by atoms with Crippen LogP contribution >= 0.6 is 0 Å². The summed E-state index contributed by atoms with van der Waals surface area (Å²) in [6.07, 6.45) is -78.9. The molecule has 0 aromatic rings. The third kappa shape index (κ3) is 21.0. The van der Waals surface area contributed by atoms with Gasteiger partial charge < -0.3 is 249 Å². The Morgan fingerprint density at radius 3 is 0.912 bits per heavy atom. The second-order valence-corrected chi connectivity index (χ2v) is 28.4. The van der Waals surface area contributed by atoms with Crippen molar-refractivity contribution in [2.24, 2.45) is 5.92 Å². The predicted octanol–water partition coefficient (Wildman–Crippen LogP) is -21.9. The fraction of sp³-hybridized carbons (Fsp3) is 0.952. The summed E-state index contributed by atoms with van der Waals surface area (Å²) in [5.41, 5.74) is -0.186. The third-order valence-electron chi connectivity index (χ3n) is 21.1. The van der Waals surface area contributed by atoms with Gasteiger partial charge in [-0.05, 0) is 5.57 Å². The van der Waals surface area contributed by atoms with Crippen LogP contribution in [0, 0.1) is 5.92 Å². The van der Waals surface area contributed by atoms with Gasteiger partial charge in [0.2, 0.25) is 0 Å². The Morgan fingerprint density at radius 1 is 0.345 bits per heavy atom. The molecule has 0 aromatic carbocycles. The highest BCUT2D eigenvalue weighted by Gasteiger charge is 2.59. The molecule has 33 N–H and O–H groups in total. The number of hydrogen-bond acceptors (Lipinski definition) is 50. The number of carbonyl (C=O) groups excluding carboxylic acids is 1. The van der Waals surface area contributed by atoms with Gasteiger partial charge in [0.25, 0.3) is 0 Å². The molecule has 0 amide bonds. The third-order valence-corrected chi connectivity index (χ3v) is 21.1. The van der Waals surface area contributed by atoms with Crippen LogP contribution < -0.4 is 5.32 Å². The smallest absolute Gasteiger partial charge is 0.187 e. The average molecular weight is 1660 g/mol. The first-order valence-corrected chi connectivity index (χ1v) is 35.9. The molecule has 8 fully saturated rings. The number of aliphatic hydroxyl groups is 32. The van der Waals surface area contributed by atoms with Crippen LogP contribution in [0.3, 0.4) is 0 Å². The second-order valence-electron chi connectivity index (χ2n) is 28.4. The number of methoxy groups -OCH3 is 1. The predicted molar refractivity (Wildman–Crippen MR) is 347 cm³/mol. The van der Waals surface area contributed by atoms with Crippen LogP contribution in [0.25, 0.3) is 0 Å². The lowest BCUT2D eigenvalue weighted by Gasteiger charge is -2.49. The molecule has 50 heteroatoms. The molecule has 8 aliphatic heterocycles. The molecule has 660 valence electrons. The van der Waals surface area contributed by atoms with Gasteiger partial charge in [-0.2, -0.15) is 0 Å². The van der Waals surface area contributed by atoms with Gasteiger partial charge in [-0.25, -0.2) is 0 Å². The first-order valence-electron chi connectivity index (χ1n) is 35.9. The van der Waals surface area contributed by atoms with Crippen LogP contribution in [0.5, 0.6) is 0 Å². The normalized spacial score (nSPS) is 49.1. The van der Waals surface area contributed by atoms with Crippen molar-refractivity contribution in [2.45, 2.75) is 295 Å². The van der Waals surface area contributed by atoms with Crippen molar-refractivity contribution in [3.05, 3.63) is 11.6 Å². The fourth-order valence-electron chi connectivity index (χ4n) is 14.3. The number of ether oxygens (including phenoxy) is 16. The Bertz CT molecular complexity index is 2830. The van der Waals surface area contributed by atoms with Gasteiger partial charge in [0, 0.05) is 13.0 Å². The van der Waals surface area contributed by atoms with E-state index in [2.05, 4.69) is 5.32 Å². The number of aliphatic hydroxyl groups excluding tert-OH is 32. The highest BCUT2D eigenvalue weighted by atomic mass is 16.8. The van der Waals surface area contributed by atoms with Crippen molar-refractivity contribution < 1.29 is 244 Å². The Morgan fingerprint density at radius 2 is 0.619 bits per heavy atom. The SMILES string of the molecule is CC1C(CO)OC(OC2C(CO)OC(OC3C(CO)OC(OC4C(CO)=CC(NC(C(O)CO)C(O)C(O)C=O)C(O)C4O)C(O)C3O)C(O)C2O)C(O)C1O.COC1OC(CO)C(OC2OC(CO)C(OC3OC(CO)C(OC4OC(CO)C(OC5OC(CO)C(O)C(O)C5O)C(O)C4O)C(O)C3O)C(O)C2O)C(O)C1O. The molecule has 0 spiro atoms. The molecular formula is C63H109NO49. The number of carbonyl (C=O) groups is 1. The molecule has 1 aliphatic carbocycles. The first kappa shape index (κ1) is 95.9. The van der Waals surface area contributed by atoms with E-state index in [-0.39, 0.29) is 11.9 Å². The standard InChI is InChI=1S/C32H55NO23.C31H54O26/c1-9-14(6-37)51-30(24(48)18(9)42)55-28-16(8-39)53-32(26(50)23(28)47)56-29-15(7-38)52-31(25(49)22(29)46)54-27-10(3-34)2-11(19(43)21(27)45)33-17(12(40)4-35)20(44)13(41)5-36;1-48-27-19(44)14(39)23(8(3-33)50-27)55-29-21(46)16(41)25(10(5-35)52-29)57-31-22(47)17(42)26(11(6-36)53-31)56-30-20(45)15(40)24(9(4-34)51-30)54-28-18(43)13(38)12(37)7(2-32)49-28/h2,5,9,11-35,37-50H,3-4,6-8H2,1H3;7-47H,2-6H2,1H3. The summed E-state index contributed by atoms with van der Waals surface area (Å²) in [5.74, 6) is -0.717. The van der Waals surface area contributed by atoms with Gasteiger partial charge in [0.05, 0.1) is 96.5 Å². The van der Waals surface area contributed by atoms with Gasteiger partial charge in [0.15, 0.2) is 56.6 Å². The Balaban J connectivity index is 0.000000283. The maximum absolute atomic E-state index is 11.1. The van der Waals surface area contributed by atoms with Gasteiger partial charge >= 0.3 is 0 Å². The lowest BCUT2D eigenvalue weighted by atomic mass is 9.86. The van der Waals surface area contributed by atoms with E-state index in [1.54, 1.807) is 0 Å². The Hall–Kier alpha value is -2.55. The molecule has 8 heterocycles. The van der Waals surface area contributed by atoms with Crippen LogP contribution in [0.15, 0.2) is 11.6 Å². The van der Waals surface area contributed by atoms with Gasteiger partial charge in [-0.15, -0.1) is 0 Å². The minimum atomic E-state index is -2.10. The maximum Gasteiger partial charge on any atom is 0.187 e. The van der Waals surface area contributed by atoms with E-state index >= 15 is 0 Å². The van der Waals surface area contributed by atoms with Crippen molar-refractivity contribution in [1.82, 2.24) is 5.32 Å². The monoisotopic (exact) mass is 1660 g/mol. The maximum atomic E-state index is 11.1. The van der Waals surface area contributed by atoms with Gasteiger partial charge in [-0.1, -0.05) is 13.0 Å². The fourth-order valence-corrected chi connectivity index (χ4v) is 14.3. The van der Waals surface area contributed by atoms with Crippen molar-refractivity contribution in [3.63, 3.8) is 0 Å². The highest BCUT2D eigenvalue weighted by Crippen LogP contribution is 2.39. The summed E-state index contributed by atoms with van der Waals surface area (Å²) >= 11 is 0. The van der Waals surface area contributed by atoms with E-state index in [0.29, 0.717) is 0 Å². The van der Waals surface area contributed by atoms with Crippen molar-refractivity contribution >= 4 is 6.29 Å². The zero-order valence-corrected chi connectivity index (χ0v) is 60.2. The molecule has 0 saturated carbocycles. The summed E-state index contributed by atoms with van der Waals surface area (Å²) in [4.78, 5) is 11.0. The highest BCUT2D eigenvalue weighted by molar-refractivity contribution is 5.56. The minimum Gasteiger partial charge on any atom is -0.394 e. The molecule has 8 saturated heterocycles. The van der Waals surface area contributed by atoms with Crippen LogP contribution in [0.2, 0.25) is 0 Å². The summed E-state index contributed by atoms with van der Waals surface area (Å²) in [6.45, 7) is -7.12. The van der Waals surface area contributed by atoms with E-state index < -0.39 is 360 Å². The van der Waals surface area contributed by atoms with Crippen molar-refractivity contribution in [1.29, 1.82) is 0 Å². The van der Waals surface area contributed by atoms with Crippen LogP contribution in [-0.2, 0) is 80.6 Å². The summed E-state index contributed by atoms with van der Waals surface area (Å²) in [5, 5.41) is 336. The number of aldehydes is 1. The van der Waals surface area contributed by atoms with Gasteiger partial charge in [-0.3, -0.25) is 0 Å². The lowest BCUT2D eigenvalue weighted by molar-refractivity contribution is -0.393. The molecule has 113 heavy (non-hydrogen) atoms. The van der Waals surface area contributed by atoms with Crippen molar-refractivity contribution in [2.75, 3.05) is 73.2 Å². The number of nitrogens with one attached hydrogen (secondary N) is 1. The number of hydrogen-bond donors (Lipinski definition) is 33. The summed E-state index contributed by atoms with van der Waals surface area (Å²) in [7, 11) is 1.17. The average Bonchev–Trinajstić information content (AvgIpc) is 0.779. The molecule has 48 atom stereocenters. The molecule has 9 rings (SSSR count). The lowest BCUT2D eigenvalue weighted by Crippen LogP contribution is -2.68. The molecule has 0 radical (unpaired) electrons. The zero-order chi connectivity index (χ0) is 83.8. The zero-order valence-electron chi connectivity index (χ0n) is 60.2. The molecule has 50 nitrogen and oxygen atoms in total.